The highest BCUT2D eigenvalue weighted by atomic mass is 32.2. The lowest BCUT2D eigenvalue weighted by Crippen LogP contribution is -2.31. The van der Waals surface area contributed by atoms with Gasteiger partial charge in [0, 0.05) is 18.8 Å². The number of hydrogen-bond donors (Lipinski definition) is 1. The third-order valence-electron chi connectivity index (χ3n) is 4.48. The lowest BCUT2D eigenvalue weighted by atomic mass is 10.1. The van der Waals surface area contributed by atoms with Crippen molar-refractivity contribution in [3.05, 3.63) is 53.6 Å². The molecule has 7 heteroatoms. The second-order valence-electron chi connectivity index (χ2n) is 6.63. The highest BCUT2D eigenvalue weighted by Crippen LogP contribution is 2.22. The average Bonchev–Trinajstić information content (AvgIpc) is 2.65. The summed E-state index contributed by atoms with van der Waals surface area (Å²) >= 11 is 0. The molecule has 0 radical (unpaired) electrons. The van der Waals surface area contributed by atoms with E-state index in [1.807, 2.05) is 32.0 Å². The van der Waals surface area contributed by atoms with Gasteiger partial charge in [-0.15, -0.1) is 0 Å². The summed E-state index contributed by atoms with van der Waals surface area (Å²) in [5.74, 6) is 0.364. The van der Waals surface area contributed by atoms with Crippen LogP contribution in [0.4, 0.5) is 5.69 Å². The van der Waals surface area contributed by atoms with E-state index in [1.165, 1.54) is 16.4 Å². The summed E-state index contributed by atoms with van der Waals surface area (Å²) in [7, 11) is -3.52. The van der Waals surface area contributed by atoms with E-state index < -0.39 is 16.1 Å². The first-order valence-corrected chi connectivity index (χ1v) is 10.8. The van der Waals surface area contributed by atoms with E-state index in [-0.39, 0.29) is 10.8 Å². The smallest absolute Gasteiger partial charge is 0.265 e. The van der Waals surface area contributed by atoms with Gasteiger partial charge in [-0.1, -0.05) is 26.0 Å². The Balaban J connectivity index is 2.07. The van der Waals surface area contributed by atoms with Crippen LogP contribution in [0.2, 0.25) is 0 Å². The minimum absolute atomic E-state index is 0.203. The molecule has 0 aliphatic rings. The molecular weight excluding hydrogens is 376 g/mol. The van der Waals surface area contributed by atoms with Crippen LogP contribution in [-0.4, -0.2) is 37.8 Å². The zero-order chi connectivity index (χ0) is 20.9. The molecule has 6 nitrogen and oxygen atoms in total. The third kappa shape index (κ3) is 5.11. The Morgan fingerprint density at radius 2 is 1.68 bits per heavy atom. The largest absolute Gasteiger partial charge is 0.481 e. The van der Waals surface area contributed by atoms with Crippen LogP contribution in [0.25, 0.3) is 0 Å². The fraction of sp³-hybridized carbons (Fsp3) is 0.381. The van der Waals surface area contributed by atoms with Crippen LogP contribution in [0.1, 0.15) is 31.9 Å². The summed E-state index contributed by atoms with van der Waals surface area (Å²) in [5.41, 5.74) is 2.52. The Morgan fingerprint density at radius 3 is 2.25 bits per heavy atom. The van der Waals surface area contributed by atoms with E-state index in [2.05, 4.69) is 5.32 Å². The molecule has 28 heavy (non-hydrogen) atoms. The maximum Gasteiger partial charge on any atom is 0.265 e. The highest BCUT2D eigenvalue weighted by molar-refractivity contribution is 7.89. The molecule has 0 spiro atoms. The van der Waals surface area contributed by atoms with E-state index in [1.54, 1.807) is 32.9 Å². The van der Waals surface area contributed by atoms with Crippen LogP contribution in [-0.2, 0) is 14.8 Å². The zero-order valence-corrected chi connectivity index (χ0v) is 17.8. The maximum atomic E-state index is 12.5. The van der Waals surface area contributed by atoms with Gasteiger partial charge < -0.3 is 10.1 Å². The van der Waals surface area contributed by atoms with E-state index in [0.717, 1.165) is 11.1 Å². The van der Waals surface area contributed by atoms with Crippen LogP contribution < -0.4 is 10.1 Å². The second-order valence-corrected chi connectivity index (χ2v) is 8.57. The second kappa shape index (κ2) is 9.21. The number of rotatable bonds is 8. The molecule has 2 aromatic carbocycles. The molecule has 1 atom stereocenters. The molecule has 0 aliphatic carbocycles. The van der Waals surface area contributed by atoms with Crippen LogP contribution in [0.3, 0.4) is 0 Å². The molecule has 1 amide bonds. The van der Waals surface area contributed by atoms with Gasteiger partial charge >= 0.3 is 0 Å². The summed E-state index contributed by atoms with van der Waals surface area (Å²) in [6, 6.07) is 12.0. The molecule has 1 N–H and O–H groups in total. The monoisotopic (exact) mass is 404 g/mol. The van der Waals surface area contributed by atoms with E-state index in [4.69, 9.17) is 4.74 Å². The lowest BCUT2D eigenvalue weighted by molar-refractivity contribution is -0.122. The van der Waals surface area contributed by atoms with Gasteiger partial charge in [0.2, 0.25) is 10.0 Å². The number of aryl methyl sites for hydroxylation is 2. The summed E-state index contributed by atoms with van der Waals surface area (Å²) in [6.45, 7) is 9.98. The van der Waals surface area contributed by atoms with Gasteiger partial charge in [0.25, 0.3) is 5.91 Å². The molecular formula is C21H28N2O4S. The van der Waals surface area contributed by atoms with Crippen molar-refractivity contribution in [2.45, 2.75) is 45.6 Å². The summed E-state index contributed by atoms with van der Waals surface area (Å²) in [6.07, 6.45) is -0.695. The van der Waals surface area contributed by atoms with Gasteiger partial charge in [-0.2, -0.15) is 4.31 Å². The SMILES string of the molecule is CCN(CC)S(=O)(=O)c1ccc(NC(=O)[C@H](C)Oc2cc(C)ccc2C)cc1. The van der Waals surface area contributed by atoms with Crippen molar-refractivity contribution >= 4 is 21.6 Å². The number of hydrogen-bond acceptors (Lipinski definition) is 4. The normalized spacial score (nSPS) is 12.6. The van der Waals surface area contributed by atoms with Crippen molar-refractivity contribution in [2.75, 3.05) is 18.4 Å². The van der Waals surface area contributed by atoms with Gasteiger partial charge in [0.15, 0.2) is 6.10 Å². The van der Waals surface area contributed by atoms with Crippen molar-refractivity contribution in [1.29, 1.82) is 0 Å². The van der Waals surface area contributed by atoms with Gasteiger partial charge in [0.05, 0.1) is 4.90 Å². The van der Waals surface area contributed by atoms with E-state index >= 15 is 0 Å². The first-order valence-electron chi connectivity index (χ1n) is 9.34. The molecule has 2 rings (SSSR count). The molecule has 0 fully saturated rings. The Labute approximate surface area is 167 Å². The minimum Gasteiger partial charge on any atom is -0.481 e. The first-order chi connectivity index (χ1) is 13.2. The Kier molecular flexibility index (Phi) is 7.21. The average molecular weight is 405 g/mol. The van der Waals surface area contributed by atoms with Gasteiger partial charge in [-0.25, -0.2) is 8.42 Å². The number of anilines is 1. The van der Waals surface area contributed by atoms with E-state index in [9.17, 15) is 13.2 Å². The number of benzene rings is 2. The molecule has 0 saturated carbocycles. The number of ether oxygens (including phenoxy) is 1. The maximum absolute atomic E-state index is 12.5. The van der Waals surface area contributed by atoms with Crippen molar-refractivity contribution in [3.8, 4) is 5.75 Å². The molecule has 0 heterocycles. The molecule has 152 valence electrons. The summed E-state index contributed by atoms with van der Waals surface area (Å²) < 4.78 is 32.2. The number of sulfonamides is 1. The standard InChI is InChI=1S/C21H28N2O4S/c1-6-23(7-2)28(25,26)19-12-10-18(11-13-19)22-21(24)17(5)27-20-14-15(3)8-9-16(20)4/h8-14,17H,6-7H2,1-5H3,(H,22,24)/t17-/m0/s1. The molecule has 0 saturated heterocycles. The van der Waals surface area contributed by atoms with Crippen molar-refractivity contribution in [2.24, 2.45) is 0 Å². The van der Waals surface area contributed by atoms with Crippen LogP contribution in [0.15, 0.2) is 47.4 Å². The number of nitrogens with one attached hydrogen (secondary N) is 1. The van der Waals surface area contributed by atoms with Gasteiger partial charge in [0.1, 0.15) is 5.75 Å². The fourth-order valence-electron chi connectivity index (χ4n) is 2.74. The fourth-order valence-corrected chi connectivity index (χ4v) is 4.20. The van der Waals surface area contributed by atoms with Crippen LogP contribution in [0, 0.1) is 13.8 Å². The predicted molar refractivity (Wildman–Crippen MR) is 111 cm³/mol. The molecule has 0 aromatic heterocycles. The van der Waals surface area contributed by atoms with E-state index in [0.29, 0.717) is 24.5 Å². The number of amides is 1. The molecule has 2 aromatic rings. The molecule has 0 aliphatic heterocycles. The van der Waals surface area contributed by atoms with Gasteiger partial charge in [-0.05, 0) is 62.2 Å². The Hall–Kier alpha value is -2.38. The van der Waals surface area contributed by atoms with Crippen LogP contribution in [0.5, 0.6) is 5.75 Å². The topological polar surface area (TPSA) is 75.7 Å². The predicted octanol–water partition coefficient (Wildman–Crippen LogP) is 3.74. The number of carbonyl (C=O) groups is 1. The quantitative estimate of drug-likeness (QED) is 0.727. The zero-order valence-electron chi connectivity index (χ0n) is 17.0. The molecule has 0 unspecified atom stereocenters. The lowest BCUT2D eigenvalue weighted by Gasteiger charge is -2.19. The highest BCUT2D eigenvalue weighted by Gasteiger charge is 2.22. The summed E-state index contributed by atoms with van der Waals surface area (Å²) in [4.78, 5) is 12.6. The Morgan fingerprint density at radius 1 is 1.07 bits per heavy atom. The van der Waals surface area contributed by atoms with Gasteiger partial charge in [-0.3, -0.25) is 4.79 Å². The third-order valence-corrected chi connectivity index (χ3v) is 6.55. The van der Waals surface area contributed by atoms with Crippen molar-refractivity contribution < 1.29 is 17.9 Å². The summed E-state index contributed by atoms with van der Waals surface area (Å²) in [5, 5.41) is 2.76. The van der Waals surface area contributed by atoms with Crippen molar-refractivity contribution in [1.82, 2.24) is 4.31 Å². The number of nitrogens with zero attached hydrogens (tertiary/aromatic N) is 1. The van der Waals surface area contributed by atoms with Crippen molar-refractivity contribution in [3.63, 3.8) is 0 Å². The van der Waals surface area contributed by atoms with Crippen LogP contribution >= 0.6 is 0 Å². The number of carbonyl (C=O) groups excluding carboxylic acids is 1. The Bertz CT molecular complexity index is 920. The first kappa shape index (κ1) is 21.9. The molecule has 0 bridgehead atoms. The minimum atomic E-state index is -3.52.